The molecule has 7 heteroatoms. The number of phenolic OH excluding ortho intramolecular Hbond substituents is 1. The summed E-state index contributed by atoms with van der Waals surface area (Å²) in [6.45, 7) is -0.421. The third kappa shape index (κ3) is 3.37. The van der Waals surface area contributed by atoms with Gasteiger partial charge in [-0.05, 0) is 42.0 Å². The number of likely N-dealkylation sites (tertiary alicyclic amines) is 1. The van der Waals surface area contributed by atoms with Crippen molar-refractivity contribution in [2.45, 2.75) is 6.04 Å². The maximum atomic E-state index is 12.6. The van der Waals surface area contributed by atoms with Crippen LogP contribution in [-0.2, 0) is 9.59 Å². The largest absolute Gasteiger partial charge is 0.508 e. The Labute approximate surface area is 155 Å². The van der Waals surface area contributed by atoms with E-state index in [1.165, 1.54) is 24.1 Å². The average Bonchev–Trinajstić information content (AvgIpc) is 2.93. The van der Waals surface area contributed by atoms with Crippen LogP contribution in [0.4, 0.5) is 0 Å². The lowest BCUT2D eigenvalue weighted by molar-refractivity contribution is -0.140. The van der Waals surface area contributed by atoms with Crippen molar-refractivity contribution in [1.29, 1.82) is 0 Å². The average molecular weight is 369 g/mol. The van der Waals surface area contributed by atoms with Crippen molar-refractivity contribution in [2.75, 3.05) is 20.3 Å². The molecule has 0 aromatic heterocycles. The standard InChI is InChI=1S/C20H19NO6/c1-27-15-7-5-12(6-8-15)18(24)16-17(13-3-2-4-14(23)11-13)21(9-10-22)20(26)19(16)25/h2-8,11,17,22-24H,9-10H2,1H3/b18-16+. The number of Topliss-reactive ketones (excluding diaryl/α,β-unsaturated/α-hetero) is 1. The van der Waals surface area contributed by atoms with Crippen LogP contribution >= 0.6 is 0 Å². The third-order valence-corrected chi connectivity index (χ3v) is 4.43. The number of ketones is 1. The van der Waals surface area contributed by atoms with Crippen molar-refractivity contribution < 1.29 is 29.6 Å². The second kappa shape index (κ2) is 7.51. The highest BCUT2D eigenvalue weighted by atomic mass is 16.5. The van der Waals surface area contributed by atoms with E-state index in [4.69, 9.17) is 4.74 Å². The maximum Gasteiger partial charge on any atom is 0.295 e. The summed E-state index contributed by atoms with van der Waals surface area (Å²) in [6.07, 6.45) is 0. The number of β-amino-alcohol motifs (C(OH)–C–C–N with tert-alkyl or cyclic N) is 1. The molecule has 2 aromatic carbocycles. The Balaban J connectivity index is 2.16. The molecule has 2 aromatic rings. The Bertz CT molecular complexity index is 903. The Hall–Kier alpha value is -3.32. The second-order valence-corrected chi connectivity index (χ2v) is 6.04. The van der Waals surface area contributed by atoms with E-state index in [1.54, 1.807) is 36.4 Å². The summed E-state index contributed by atoms with van der Waals surface area (Å²) in [4.78, 5) is 26.3. The van der Waals surface area contributed by atoms with Crippen molar-refractivity contribution in [3.05, 3.63) is 65.2 Å². The number of hydrogen-bond acceptors (Lipinski definition) is 6. The number of carbonyl (C=O) groups excluding carboxylic acids is 2. The normalized spacial score (nSPS) is 18.7. The molecule has 0 bridgehead atoms. The number of hydrogen-bond donors (Lipinski definition) is 3. The molecule has 1 unspecified atom stereocenters. The van der Waals surface area contributed by atoms with Gasteiger partial charge in [0.2, 0.25) is 0 Å². The topological polar surface area (TPSA) is 107 Å². The Morgan fingerprint density at radius 2 is 1.85 bits per heavy atom. The van der Waals surface area contributed by atoms with Crippen LogP contribution in [0.2, 0.25) is 0 Å². The third-order valence-electron chi connectivity index (χ3n) is 4.43. The first kappa shape index (κ1) is 18.5. The minimum Gasteiger partial charge on any atom is -0.508 e. The summed E-state index contributed by atoms with van der Waals surface area (Å²) in [5.41, 5.74) is 0.713. The van der Waals surface area contributed by atoms with Gasteiger partial charge in [-0.25, -0.2) is 0 Å². The van der Waals surface area contributed by atoms with Crippen molar-refractivity contribution in [3.8, 4) is 11.5 Å². The highest BCUT2D eigenvalue weighted by molar-refractivity contribution is 6.46. The number of nitrogens with zero attached hydrogens (tertiary/aromatic N) is 1. The zero-order chi connectivity index (χ0) is 19.6. The van der Waals surface area contributed by atoms with E-state index in [9.17, 15) is 24.9 Å². The molecule has 1 aliphatic rings. The summed E-state index contributed by atoms with van der Waals surface area (Å²) >= 11 is 0. The summed E-state index contributed by atoms with van der Waals surface area (Å²) in [6, 6.07) is 11.6. The van der Waals surface area contributed by atoms with E-state index in [0.29, 0.717) is 16.9 Å². The van der Waals surface area contributed by atoms with Crippen LogP contribution in [0, 0.1) is 0 Å². The number of rotatable bonds is 5. The molecular formula is C20H19NO6. The molecule has 1 fully saturated rings. The van der Waals surface area contributed by atoms with Crippen LogP contribution in [0.3, 0.4) is 0 Å². The minimum absolute atomic E-state index is 0.0356. The van der Waals surface area contributed by atoms with E-state index >= 15 is 0 Å². The summed E-state index contributed by atoms with van der Waals surface area (Å²) in [7, 11) is 1.51. The van der Waals surface area contributed by atoms with Gasteiger partial charge in [0.1, 0.15) is 17.3 Å². The van der Waals surface area contributed by atoms with Gasteiger partial charge in [-0.15, -0.1) is 0 Å². The zero-order valence-electron chi connectivity index (χ0n) is 14.6. The fourth-order valence-electron chi connectivity index (χ4n) is 3.16. The molecule has 140 valence electrons. The van der Waals surface area contributed by atoms with Crippen molar-refractivity contribution in [3.63, 3.8) is 0 Å². The van der Waals surface area contributed by atoms with Gasteiger partial charge in [0, 0.05) is 12.1 Å². The van der Waals surface area contributed by atoms with Gasteiger partial charge in [-0.1, -0.05) is 12.1 Å². The van der Waals surface area contributed by atoms with E-state index in [0.717, 1.165) is 0 Å². The summed E-state index contributed by atoms with van der Waals surface area (Å²) in [5.74, 6) is -1.44. The van der Waals surface area contributed by atoms with Gasteiger partial charge in [0.15, 0.2) is 0 Å². The molecule has 0 saturated carbocycles. The number of ether oxygens (including phenoxy) is 1. The Morgan fingerprint density at radius 3 is 2.44 bits per heavy atom. The van der Waals surface area contributed by atoms with Gasteiger partial charge in [-0.2, -0.15) is 0 Å². The number of carbonyl (C=O) groups is 2. The SMILES string of the molecule is COc1ccc(/C(O)=C2\C(=O)C(=O)N(CCO)C2c2cccc(O)c2)cc1. The fourth-order valence-corrected chi connectivity index (χ4v) is 3.16. The quantitative estimate of drug-likeness (QED) is 0.422. The number of benzene rings is 2. The number of aliphatic hydroxyl groups excluding tert-OH is 2. The van der Waals surface area contributed by atoms with Crippen LogP contribution in [0.1, 0.15) is 17.2 Å². The molecule has 1 aliphatic heterocycles. The smallest absolute Gasteiger partial charge is 0.295 e. The van der Waals surface area contributed by atoms with E-state index < -0.39 is 17.7 Å². The first-order valence-electron chi connectivity index (χ1n) is 8.30. The molecule has 1 amide bonds. The summed E-state index contributed by atoms with van der Waals surface area (Å²) < 4.78 is 5.08. The van der Waals surface area contributed by atoms with E-state index in [2.05, 4.69) is 0 Å². The Kier molecular flexibility index (Phi) is 5.14. The van der Waals surface area contributed by atoms with Crippen molar-refractivity contribution in [1.82, 2.24) is 4.90 Å². The molecule has 7 nitrogen and oxygen atoms in total. The monoisotopic (exact) mass is 369 g/mol. The highest BCUT2D eigenvalue weighted by Gasteiger charge is 2.45. The number of aliphatic hydroxyl groups is 2. The molecule has 1 atom stereocenters. The number of methoxy groups -OCH3 is 1. The van der Waals surface area contributed by atoms with Crippen molar-refractivity contribution >= 4 is 17.4 Å². The molecule has 3 rings (SSSR count). The maximum absolute atomic E-state index is 12.6. The van der Waals surface area contributed by atoms with Crippen LogP contribution in [0.5, 0.6) is 11.5 Å². The van der Waals surface area contributed by atoms with Gasteiger partial charge in [-0.3, -0.25) is 9.59 Å². The lowest BCUT2D eigenvalue weighted by atomic mass is 9.95. The predicted molar refractivity (Wildman–Crippen MR) is 97.2 cm³/mol. The fraction of sp³-hybridized carbons (Fsp3) is 0.200. The highest BCUT2D eigenvalue weighted by Crippen LogP contribution is 2.40. The van der Waals surface area contributed by atoms with Crippen LogP contribution in [-0.4, -0.2) is 52.2 Å². The second-order valence-electron chi connectivity index (χ2n) is 6.04. The minimum atomic E-state index is -0.911. The molecule has 3 N–H and O–H groups in total. The molecule has 27 heavy (non-hydrogen) atoms. The lowest BCUT2D eigenvalue weighted by Crippen LogP contribution is -2.32. The van der Waals surface area contributed by atoms with E-state index in [-0.39, 0.29) is 30.2 Å². The molecule has 1 heterocycles. The Morgan fingerprint density at radius 1 is 1.15 bits per heavy atom. The van der Waals surface area contributed by atoms with Gasteiger partial charge < -0.3 is 25.0 Å². The van der Waals surface area contributed by atoms with Crippen LogP contribution < -0.4 is 4.74 Å². The molecular weight excluding hydrogens is 350 g/mol. The van der Waals surface area contributed by atoms with Gasteiger partial charge >= 0.3 is 0 Å². The lowest BCUT2D eigenvalue weighted by Gasteiger charge is -2.24. The van der Waals surface area contributed by atoms with Crippen LogP contribution in [0.25, 0.3) is 5.76 Å². The molecule has 0 aliphatic carbocycles. The van der Waals surface area contributed by atoms with E-state index in [1.807, 2.05) is 0 Å². The number of amides is 1. The summed E-state index contributed by atoms with van der Waals surface area (Å²) in [5, 5.41) is 29.9. The van der Waals surface area contributed by atoms with Gasteiger partial charge in [0.25, 0.3) is 11.7 Å². The number of aromatic hydroxyl groups is 1. The first-order valence-corrected chi connectivity index (χ1v) is 8.30. The van der Waals surface area contributed by atoms with Crippen molar-refractivity contribution in [2.24, 2.45) is 0 Å². The van der Waals surface area contributed by atoms with Crippen LogP contribution in [0.15, 0.2) is 54.1 Å². The predicted octanol–water partition coefficient (Wildman–Crippen LogP) is 1.81. The molecule has 1 saturated heterocycles. The molecule has 0 spiro atoms. The van der Waals surface area contributed by atoms with Gasteiger partial charge in [0.05, 0.1) is 25.3 Å². The molecule has 0 radical (unpaired) electrons. The first-order chi connectivity index (χ1) is 13.0. The zero-order valence-corrected chi connectivity index (χ0v) is 14.6. The number of phenols is 1.